The average molecular weight is 466 g/mol. The lowest BCUT2D eigenvalue weighted by Crippen LogP contribution is -2.33. The number of likely N-dealkylation sites (tertiary alicyclic amines) is 1. The lowest BCUT2D eigenvalue weighted by atomic mass is 9.95. The molecule has 0 aromatic heterocycles. The second-order valence-electron chi connectivity index (χ2n) is 7.30. The lowest BCUT2D eigenvalue weighted by molar-refractivity contribution is -0.142. The molecule has 0 amide bonds. The summed E-state index contributed by atoms with van der Waals surface area (Å²) in [6.07, 6.45) is 4.44. The van der Waals surface area contributed by atoms with Crippen molar-refractivity contribution in [1.82, 2.24) is 4.90 Å². The molecule has 168 valence electrons. The molecule has 2 aromatic carbocycles. The van der Waals surface area contributed by atoms with Gasteiger partial charge in [-0.2, -0.15) is 0 Å². The summed E-state index contributed by atoms with van der Waals surface area (Å²) in [6.45, 7) is 4.02. The normalized spacial score (nSPS) is 14.2. The van der Waals surface area contributed by atoms with Gasteiger partial charge in [0.25, 0.3) is 0 Å². The Balaban J connectivity index is 0.00000341. The lowest BCUT2D eigenvalue weighted by Gasteiger charge is -2.28. The Morgan fingerprint density at radius 1 is 1.00 bits per heavy atom. The van der Waals surface area contributed by atoms with E-state index in [0.717, 1.165) is 37.5 Å². The summed E-state index contributed by atoms with van der Waals surface area (Å²) in [7, 11) is 0. The molecule has 0 bridgehead atoms. The van der Waals surface area contributed by atoms with Crippen molar-refractivity contribution in [2.45, 2.75) is 12.8 Å². The number of nitrogens with zero attached hydrogens (tertiary/aromatic N) is 1. The number of benzene rings is 2. The predicted octanol–water partition coefficient (Wildman–Crippen LogP) is 5.03. The van der Waals surface area contributed by atoms with E-state index < -0.39 is 5.97 Å². The minimum atomic E-state index is -0.956. The number of ether oxygens (including phenoxy) is 2. The molecule has 2 aromatic rings. The van der Waals surface area contributed by atoms with Gasteiger partial charge in [-0.05, 0) is 41.7 Å². The maximum atomic E-state index is 10.4. The van der Waals surface area contributed by atoms with Crippen molar-refractivity contribution in [1.29, 1.82) is 0 Å². The van der Waals surface area contributed by atoms with E-state index in [2.05, 4.69) is 47.4 Å². The van der Waals surface area contributed by atoms with E-state index >= 15 is 0 Å². The molecule has 31 heavy (non-hydrogen) atoms. The highest BCUT2D eigenvalue weighted by molar-refractivity contribution is 6.30. The van der Waals surface area contributed by atoms with Gasteiger partial charge in [0, 0.05) is 24.7 Å². The van der Waals surface area contributed by atoms with E-state index in [1.807, 2.05) is 12.1 Å². The van der Waals surface area contributed by atoms with Gasteiger partial charge in [0.1, 0.15) is 6.61 Å². The molecule has 1 aliphatic rings. The molecular weight excluding hydrogens is 437 g/mol. The average Bonchev–Trinajstić information content (AvgIpc) is 2.75. The number of hydrogen-bond acceptors (Lipinski definition) is 4. The third-order valence-electron chi connectivity index (χ3n) is 5.12. The van der Waals surface area contributed by atoms with Crippen molar-refractivity contribution in [3.05, 3.63) is 64.7 Å². The second-order valence-corrected chi connectivity index (χ2v) is 7.73. The Kier molecular flexibility index (Phi) is 11.1. The molecule has 7 heteroatoms. The molecule has 1 N–H and O–H groups in total. The number of rotatable bonds is 10. The van der Waals surface area contributed by atoms with Crippen LogP contribution in [0, 0.1) is 0 Å². The maximum absolute atomic E-state index is 10.4. The number of piperidine rings is 1. The van der Waals surface area contributed by atoms with E-state index in [1.54, 1.807) is 0 Å². The van der Waals surface area contributed by atoms with Crippen molar-refractivity contribution in [3.8, 4) is 11.1 Å². The van der Waals surface area contributed by atoms with E-state index in [9.17, 15) is 4.79 Å². The highest BCUT2D eigenvalue weighted by Crippen LogP contribution is 2.28. The summed E-state index contributed by atoms with van der Waals surface area (Å²) in [5.41, 5.74) is 5.11. The highest BCUT2D eigenvalue weighted by Gasteiger charge is 2.14. The molecule has 0 unspecified atom stereocenters. The first kappa shape index (κ1) is 25.4. The van der Waals surface area contributed by atoms with Crippen molar-refractivity contribution in [2.75, 3.05) is 46.1 Å². The van der Waals surface area contributed by atoms with Gasteiger partial charge >= 0.3 is 5.97 Å². The summed E-state index contributed by atoms with van der Waals surface area (Å²) in [4.78, 5) is 12.8. The number of carboxylic acids is 1. The van der Waals surface area contributed by atoms with Crippen LogP contribution >= 0.6 is 24.0 Å². The first-order chi connectivity index (χ1) is 14.6. The maximum Gasteiger partial charge on any atom is 0.329 e. The SMILES string of the molecule is Cl.O=C(O)COCCOCCN1CCC(=Cc2ccccc2-c2ccc(Cl)cc2)CC1. The summed E-state index contributed by atoms with van der Waals surface area (Å²) in [5.74, 6) is -0.956. The van der Waals surface area contributed by atoms with Crippen LogP contribution in [0.1, 0.15) is 18.4 Å². The van der Waals surface area contributed by atoms with Crippen LogP contribution in [0.15, 0.2) is 54.1 Å². The molecule has 0 saturated carbocycles. The fraction of sp³-hybridized carbons (Fsp3) is 0.375. The van der Waals surface area contributed by atoms with Crippen LogP contribution in [-0.4, -0.2) is 62.0 Å². The van der Waals surface area contributed by atoms with Crippen LogP contribution in [0.5, 0.6) is 0 Å². The van der Waals surface area contributed by atoms with E-state index in [1.165, 1.54) is 22.3 Å². The van der Waals surface area contributed by atoms with Crippen molar-refractivity contribution >= 4 is 36.1 Å². The van der Waals surface area contributed by atoms with Crippen molar-refractivity contribution < 1.29 is 19.4 Å². The smallest absolute Gasteiger partial charge is 0.329 e. The summed E-state index contributed by atoms with van der Waals surface area (Å²) < 4.78 is 10.5. The van der Waals surface area contributed by atoms with Gasteiger partial charge in [-0.15, -0.1) is 12.4 Å². The van der Waals surface area contributed by atoms with Crippen molar-refractivity contribution in [2.24, 2.45) is 0 Å². The molecule has 0 radical (unpaired) electrons. The fourth-order valence-electron chi connectivity index (χ4n) is 3.52. The molecule has 5 nitrogen and oxygen atoms in total. The van der Waals surface area contributed by atoms with Crippen molar-refractivity contribution in [3.63, 3.8) is 0 Å². The monoisotopic (exact) mass is 465 g/mol. The van der Waals surface area contributed by atoms with Crippen LogP contribution < -0.4 is 0 Å². The Morgan fingerprint density at radius 2 is 1.68 bits per heavy atom. The summed E-state index contributed by atoms with van der Waals surface area (Å²) in [5, 5.41) is 9.25. The van der Waals surface area contributed by atoms with Gasteiger partial charge in [0.15, 0.2) is 0 Å². The Hall–Kier alpha value is -1.89. The van der Waals surface area contributed by atoms with Crippen LogP contribution in [0.3, 0.4) is 0 Å². The first-order valence-electron chi connectivity index (χ1n) is 10.3. The minimum Gasteiger partial charge on any atom is -0.480 e. The molecule has 0 spiro atoms. The zero-order valence-corrected chi connectivity index (χ0v) is 19.0. The van der Waals surface area contributed by atoms with Gasteiger partial charge < -0.3 is 19.5 Å². The molecule has 0 atom stereocenters. The quantitative estimate of drug-likeness (QED) is 0.498. The first-order valence-corrected chi connectivity index (χ1v) is 10.6. The van der Waals surface area contributed by atoms with Gasteiger partial charge in [-0.25, -0.2) is 4.79 Å². The molecule has 1 fully saturated rings. The summed E-state index contributed by atoms with van der Waals surface area (Å²) >= 11 is 6.03. The van der Waals surface area contributed by atoms with E-state index in [0.29, 0.717) is 19.8 Å². The predicted molar refractivity (Wildman–Crippen MR) is 127 cm³/mol. The Morgan fingerprint density at radius 3 is 2.39 bits per heavy atom. The molecule has 0 aliphatic carbocycles. The van der Waals surface area contributed by atoms with Gasteiger partial charge in [-0.3, -0.25) is 0 Å². The third kappa shape index (κ3) is 8.63. The number of aliphatic carboxylic acids is 1. The zero-order chi connectivity index (χ0) is 21.2. The van der Waals surface area contributed by atoms with Gasteiger partial charge in [0.2, 0.25) is 0 Å². The molecule has 1 heterocycles. The Labute approximate surface area is 195 Å². The number of hydrogen-bond donors (Lipinski definition) is 1. The largest absolute Gasteiger partial charge is 0.480 e. The van der Waals surface area contributed by atoms with Crippen LogP contribution in [0.2, 0.25) is 5.02 Å². The number of carbonyl (C=O) groups is 1. The molecule has 1 aliphatic heterocycles. The fourth-order valence-corrected chi connectivity index (χ4v) is 3.64. The number of halogens is 2. The van der Waals surface area contributed by atoms with Crippen LogP contribution in [0.25, 0.3) is 17.2 Å². The molecule has 3 rings (SSSR count). The molecular formula is C24H29Cl2NO4. The van der Waals surface area contributed by atoms with Crippen LogP contribution in [0.4, 0.5) is 0 Å². The highest BCUT2D eigenvalue weighted by atomic mass is 35.5. The standard InChI is InChI=1S/C24H28ClNO4.ClH/c25-22-7-5-20(6-8-22)23-4-2-1-3-21(23)17-19-9-11-26(12-10-19)13-14-29-15-16-30-18-24(27)28;/h1-8,17H,9-16,18H2,(H,27,28);1H. The topological polar surface area (TPSA) is 59.0 Å². The van der Waals surface area contributed by atoms with Gasteiger partial charge in [-0.1, -0.05) is 59.6 Å². The summed E-state index contributed by atoms with van der Waals surface area (Å²) in [6, 6.07) is 16.5. The zero-order valence-electron chi connectivity index (χ0n) is 17.5. The third-order valence-corrected chi connectivity index (χ3v) is 5.38. The number of carboxylic acid groups (broad SMARTS) is 1. The van der Waals surface area contributed by atoms with E-state index in [-0.39, 0.29) is 19.0 Å². The Bertz CT molecular complexity index is 845. The second kappa shape index (κ2) is 13.5. The minimum absolute atomic E-state index is 0. The van der Waals surface area contributed by atoms with E-state index in [4.69, 9.17) is 26.2 Å². The molecule has 1 saturated heterocycles. The van der Waals surface area contributed by atoms with Gasteiger partial charge in [0.05, 0.1) is 19.8 Å². The van der Waals surface area contributed by atoms with Crippen LogP contribution in [-0.2, 0) is 14.3 Å².